The van der Waals surface area contributed by atoms with Gasteiger partial charge < -0.3 is 15.7 Å². The number of aliphatic carboxylic acids is 1. The lowest BCUT2D eigenvalue weighted by Gasteiger charge is -2.21. The van der Waals surface area contributed by atoms with Crippen molar-refractivity contribution >= 4 is 27.7 Å². The Bertz CT molecular complexity index is 1380. The second-order valence-corrected chi connectivity index (χ2v) is 11.1. The van der Waals surface area contributed by atoms with E-state index in [1.165, 1.54) is 0 Å². The van der Waals surface area contributed by atoms with Crippen molar-refractivity contribution in [3.63, 3.8) is 0 Å². The molecule has 1 unspecified atom stereocenters. The second-order valence-electron chi connectivity index (χ2n) is 9.40. The minimum atomic E-state index is -4.15. The molecule has 2 amide bonds. The first-order valence-electron chi connectivity index (χ1n) is 12.0. The largest absolute Gasteiger partial charge is 0.480 e. The number of carboxylic acids is 1. The van der Waals surface area contributed by atoms with Crippen molar-refractivity contribution in [1.82, 2.24) is 10.0 Å². The van der Waals surface area contributed by atoms with Crippen LogP contribution in [-0.2, 0) is 21.2 Å². The van der Waals surface area contributed by atoms with Gasteiger partial charge in [-0.25, -0.2) is 13.2 Å². The Hall–Kier alpha value is -3.69. The van der Waals surface area contributed by atoms with Crippen LogP contribution in [-0.4, -0.2) is 37.6 Å². The van der Waals surface area contributed by atoms with Gasteiger partial charge in [-0.15, -0.1) is 0 Å². The molecule has 1 atom stereocenters. The molecule has 8 nitrogen and oxygen atoms in total. The van der Waals surface area contributed by atoms with Gasteiger partial charge in [-0.1, -0.05) is 66.2 Å². The lowest BCUT2D eigenvalue weighted by atomic mass is 9.96. The molecule has 0 aliphatic heterocycles. The molecule has 3 rings (SSSR count). The number of benzene rings is 3. The standard InChI is InChI=1S/C28H33N3O5S/c1-17(2)29-28(34)30-25-22(12-9-13-23(25)21-10-7-6-8-11-21)16-24(27(32)33)31-37(35,36)26-19(4)14-18(3)15-20(26)5/h6-15,17,24,31H,16H2,1-5H3,(H,32,33)(H2,29,30,34). The van der Waals surface area contributed by atoms with Gasteiger partial charge in [-0.3, -0.25) is 4.79 Å². The summed E-state index contributed by atoms with van der Waals surface area (Å²) in [7, 11) is -4.15. The van der Waals surface area contributed by atoms with E-state index in [0.717, 1.165) is 11.1 Å². The second kappa shape index (κ2) is 11.6. The number of hydrogen-bond donors (Lipinski definition) is 4. The molecule has 196 valence electrons. The summed E-state index contributed by atoms with van der Waals surface area (Å²) in [6, 6.07) is 16.1. The van der Waals surface area contributed by atoms with Gasteiger partial charge in [0.1, 0.15) is 6.04 Å². The zero-order chi connectivity index (χ0) is 27.3. The van der Waals surface area contributed by atoms with Crippen LogP contribution in [0.1, 0.15) is 36.1 Å². The van der Waals surface area contributed by atoms with Crippen molar-refractivity contribution < 1.29 is 23.1 Å². The van der Waals surface area contributed by atoms with Crippen molar-refractivity contribution in [2.75, 3.05) is 5.32 Å². The summed E-state index contributed by atoms with van der Waals surface area (Å²) in [5, 5.41) is 15.6. The SMILES string of the molecule is Cc1cc(C)c(S(=O)(=O)NC(Cc2cccc(-c3ccccc3)c2NC(=O)NC(C)C)C(=O)O)c(C)c1. The summed E-state index contributed by atoms with van der Waals surface area (Å²) < 4.78 is 29.0. The van der Waals surface area contributed by atoms with Gasteiger partial charge in [-0.2, -0.15) is 4.72 Å². The number of anilines is 1. The van der Waals surface area contributed by atoms with Crippen molar-refractivity contribution in [3.05, 3.63) is 82.9 Å². The van der Waals surface area contributed by atoms with Crippen molar-refractivity contribution in [2.45, 2.75) is 58.0 Å². The predicted octanol–water partition coefficient (Wildman–Crippen LogP) is 4.78. The van der Waals surface area contributed by atoms with Gasteiger partial charge in [-0.05, 0) is 56.9 Å². The van der Waals surface area contributed by atoms with Crippen LogP contribution >= 0.6 is 0 Å². The number of amides is 2. The van der Waals surface area contributed by atoms with E-state index in [2.05, 4.69) is 15.4 Å². The molecule has 0 fully saturated rings. The fourth-order valence-electron chi connectivity index (χ4n) is 4.42. The maximum Gasteiger partial charge on any atom is 0.322 e. The number of nitrogens with one attached hydrogen (secondary N) is 3. The number of carbonyl (C=O) groups is 2. The maximum atomic E-state index is 13.3. The number of hydrogen-bond acceptors (Lipinski definition) is 4. The lowest BCUT2D eigenvalue weighted by molar-refractivity contribution is -0.138. The van der Waals surface area contributed by atoms with Crippen LogP contribution in [0, 0.1) is 20.8 Å². The molecule has 0 aliphatic carbocycles. The molecule has 0 aliphatic rings. The Labute approximate surface area is 218 Å². The molecule has 9 heteroatoms. The van der Waals surface area contributed by atoms with Crippen LogP contribution < -0.4 is 15.4 Å². The van der Waals surface area contributed by atoms with E-state index in [0.29, 0.717) is 27.9 Å². The quantitative estimate of drug-likeness (QED) is 0.321. The van der Waals surface area contributed by atoms with Crippen molar-refractivity contribution in [1.29, 1.82) is 0 Å². The van der Waals surface area contributed by atoms with Gasteiger partial charge >= 0.3 is 12.0 Å². The Balaban J connectivity index is 2.03. The highest BCUT2D eigenvalue weighted by molar-refractivity contribution is 7.89. The molecule has 0 radical (unpaired) electrons. The summed E-state index contributed by atoms with van der Waals surface area (Å²) in [6.45, 7) is 8.89. The number of sulfonamides is 1. The third-order valence-corrected chi connectivity index (χ3v) is 7.56. The normalized spacial score (nSPS) is 12.3. The first-order valence-corrected chi connectivity index (χ1v) is 13.4. The van der Waals surface area contributed by atoms with Crippen LogP contribution in [0.4, 0.5) is 10.5 Å². The molecular formula is C28H33N3O5S. The molecule has 0 bridgehead atoms. The number of carboxylic acid groups (broad SMARTS) is 1. The van der Waals surface area contributed by atoms with E-state index in [1.807, 2.05) is 57.2 Å². The summed E-state index contributed by atoms with van der Waals surface area (Å²) in [4.78, 5) is 25.0. The van der Waals surface area contributed by atoms with E-state index in [-0.39, 0.29) is 17.4 Å². The zero-order valence-electron chi connectivity index (χ0n) is 21.6. The van der Waals surface area contributed by atoms with Crippen molar-refractivity contribution in [2.24, 2.45) is 0 Å². The van der Waals surface area contributed by atoms with Gasteiger partial charge in [0.05, 0.1) is 10.6 Å². The number of urea groups is 1. The summed E-state index contributed by atoms with van der Waals surface area (Å²) in [6.07, 6.45) is -0.184. The average Bonchev–Trinajstić information content (AvgIpc) is 2.78. The first kappa shape index (κ1) is 27.9. The fraction of sp³-hybridized carbons (Fsp3) is 0.286. The molecule has 3 aromatic carbocycles. The predicted molar refractivity (Wildman–Crippen MR) is 145 cm³/mol. The number of carbonyl (C=O) groups excluding carboxylic acids is 1. The highest BCUT2D eigenvalue weighted by Gasteiger charge is 2.29. The highest BCUT2D eigenvalue weighted by Crippen LogP contribution is 2.32. The Morgan fingerprint density at radius 3 is 2.11 bits per heavy atom. The molecule has 0 saturated carbocycles. The van der Waals surface area contributed by atoms with Gasteiger partial charge in [0.2, 0.25) is 10.0 Å². The Kier molecular flexibility index (Phi) is 8.73. The van der Waals surface area contributed by atoms with E-state index >= 15 is 0 Å². The number of rotatable bonds is 9. The van der Waals surface area contributed by atoms with Crippen LogP contribution in [0.25, 0.3) is 11.1 Å². The van der Waals surface area contributed by atoms with E-state index in [9.17, 15) is 23.1 Å². The highest BCUT2D eigenvalue weighted by atomic mass is 32.2. The molecular weight excluding hydrogens is 490 g/mol. The first-order chi connectivity index (χ1) is 17.4. The van der Waals surface area contributed by atoms with E-state index < -0.39 is 28.1 Å². The monoisotopic (exact) mass is 523 g/mol. The minimum absolute atomic E-state index is 0.0667. The minimum Gasteiger partial charge on any atom is -0.480 e. The maximum absolute atomic E-state index is 13.3. The van der Waals surface area contributed by atoms with Crippen molar-refractivity contribution in [3.8, 4) is 11.1 Å². The molecule has 0 aromatic heterocycles. The summed E-state index contributed by atoms with van der Waals surface area (Å²) in [5.74, 6) is -1.33. The topological polar surface area (TPSA) is 125 Å². The molecule has 0 saturated heterocycles. The Morgan fingerprint density at radius 2 is 1.54 bits per heavy atom. The molecule has 4 N–H and O–H groups in total. The molecule has 0 spiro atoms. The van der Waals surface area contributed by atoms with Gasteiger partial charge in [0, 0.05) is 18.0 Å². The van der Waals surface area contributed by atoms with E-state index in [1.54, 1.807) is 38.1 Å². The third kappa shape index (κ3) is 6.96. The third-order valence-electron chi connectivity index (χ3n) is 5.79. The Morgan fingerprint density at radius 1 is 0.919 bits per heavy atom. The van der Waals surface area contributed by atoms with Crippen LogP contribution in [0.3, 0.4) is 0 Å². The zero-order valence-corrected chi connectivity index (χ0v) is 22.4. The van der Waals surface area contributed by atoms with Crippen LogP contribution in [0.15, 0.2) is 65.6 Å². The smallest absolute Gasteiger partial charge is 0.322 e. The summed E-state index contributed by atoms with van der Waals surface area (Å²) >= 11 is 0. The number of aryl methyl sites for hydroxylation is 3. The van der Waals surface area contributed by atoms with E-state index in [4.69, 9.17) is 0 Å². The molecule has 0 heterocycles. The lowest BCUT2D eigenvalue weighted by Crippen LogP contribution is -2.43. The average molecular weight is 524 g/mol. The van der Waals surface area contributed by atoms with Crippen LogP contribution in [0.2, 0.25) is 0 Å². The van der Waals surface area contributed by atoms with Crippen LogP contribution in [0.5, 0.6) is 0 Å². The summed E-state index contributed by atoms with van der Waals surface area (Å²) in [5.41, 5.74) is 4.39. The van der Waals surface area contributed by atoms with Gasteiger partial charge in [0.15, 0.2) is 0 Å². The fourth-order valence-corrected chi connectivity index (χ4v) is 6.07. The van der Waals surface area contributed by atoms with Gasteiger partial charge in [0.25, 0.3) is 0 Å². The molecule has 37 heavy (non-hydrogen) atoms. The molecule has 3 aromatic rings. The number of para-hydroxylation sites is 1.